The Morgan fingerprint density at radius 1 is 1.04 bits per heavy atom. The number of methoxy groups -OCH3 is 2. The topological polar surface area (TPSA) is 56.3 Å². The normalized spacial score (nSPS) is 16.2. The molecule has 1 aromatic heterocycles. The molecule has 1 N–H and O–H groups in total. The largest absolute Gasteiger partial charge is 0.493 e. The van der Waals surface area contributed by atoms with Gasteiger partial charge in [0, 0.05) is 17.1 Å². The second-order valence-electron chi connectivity index (χ2n) is 6.38. The number of hydrogen-bond donors (Lipinski definition) is 1. The Bertz CT molecular complexity index is 940. The molecule has 1 atom stereocenters. The van der Waals surface area contributed by atoms with Gasteiger partial charge in [0.25, 0.3) is 0 Å². The molecule has 4 rings (SSSR count). The van der Waals surface area contributed by atoms with Crippen molar-refractivity contribution in [3.05, 3.63) is 53.5 Å². The molecule has 2 heterocycles. The lowest BCUT2D eigenvalue weighted by Gasteiger charge is -2.27. The summed E-state index contributed by atoms with van der Waals surface area (Å²) in [6.45, 7) is 2.13. The van der Waals surface area contributed by atoms with Crippen molar-refractivity contribution in [2.24, 2.45) is 0 Å². The second kappa shape index (κ2) is 6.24. The molecular weight excluding hydrogens is 314 g/mol. The minimum absolute atomic E-state index is 0.152. The van der Waals surface area contributed by atoms with Gasteiger partial charge in [-0.05, 0) is 37.5 Å². The van der Waals surface area contributed by atoms with Crippen molar-refractivity contribution in [1.29, 1.82) is 0 Å². The predicted octanol–water partition coefficient (Wildman–Crippen LogP) is 4.05. The minimum atomic E-state index is 0.152. The summed E-state index contributed by atoms with van der Waals surface area (Å²) >= 11 is 0. The lowest BCUT2D eigenvalue weighted by Crippen LogP contribution is -2.19. The Balaban J connectivity index is 1.78. The van der Waals surface area contributed by atoms with Crippen LogP contribution in [0.5, 0.6) is 11.5 Å². The Kier molecular flexibility index (Phi) is 3.92. The predicted molar refractivity (Wildman–Crippen MR) is 98.5 cm³/mol. The van der Waals surface area contributed by atoms with E-state index in [1.165, 1.54) is 16.8 Å². The maximum absolute atomic E-state index is 5.46. The summed E-state index contributed by atoms with van der Waals surface area (Å²) in [6, 6.07) is 10.6. The van der Waals surface area contributed by atoms with Crippen molar-refractivity contribution in [1.82, 2.24) is 9.97 Å². The number of benzene rings is 2. The number of aromatic nitrogens is 2. The maximum Gasteiger partial charge on any atom is 0.162 e. The van der Waals surface area contributed by atoms with Crippen LogP contribution in [-0.2, 0) is 6.42 Å². The van der Waals surface area contributed by atoms with Crippen LogP contribution in [0.25, 0.3) is 10.9 Å². The van der Waals surface area contributed by atoms with Crippen molar-refractivity contribution in [3.63, 3.8) is 0 Å². The first-order chi connectivity index (χ1) is 12.2. The van der Waals surface area contributed by atoms with Crippen LogP contribution in [0.1, 0.15) is 29.3 Å². The number of fused-ring (bicyclic) bond motifs is 2. The van der Waals surface area contributed by atoms with E-state index in [1.807, 2.05) is 12.1 Å². The summed E-state index contributed by atoms with van der Waals surface area (Å²) < 4.78 is 10.8. The van der Waals surface area contributed by atoms with Gasteiger partial charge in [-0.2, -0.15) is 0 Å². The van der Waals surface area contributed by atoms with Crippen LogP contribution in [0.15, 0.2) is 36.7 Å². The van der Waals surface area contributed by atoms with E-state index < -0.39 is 0 Å². The Morgan fingerprint density at radius 2 is 1.84 bits per heavy atom. The number of hydrogen-bond acceptors (Lipinski definition) is 5. The van der Waals surface area contributed by atoms with Crippen LogP contribution in [0.3, 0.4) is 0 Å². The van der Waals surface area contributed by atoms with E-state index in [1.54, 1.807) is 20.5 Å². The molecule has 0 saturated carbocycles. The van der Waals surface area contributed by atoms with Gasteiger partial charge in [0.05, 0.1) is 31.5 Å². The Labute approximate surface area is 147 Å². The molecule has 0 fully saturated rings. The zero-order valence-corrected chi connectivity index (χ0v) is 14.7. The highest BCUT2D eigenvalue weighted by atomic mass is 16.5. The van der Waals surface area contributed by atoms with E-state index in [9.17, 15) is 0 Å². The standard InChI is InChI=1S/C20H21N3O2/c1-12-4-6-15-13(8-12)5-7-16(23-15)20-14-9-18(24-2)19(25-3)10-17(14)21-11-22-20/h4,6,8-11,16,23H,5,7H2,1-3H3. The van der Waals surface area contributed by atoms with E-state index in [2.05, 4.69) is 40.4 Å². The Hall–Kier alpha value is -2.82. The number of rotatable bonds is 3. The number of nitrogens with zero attached hydrogens (tertiary/aromatic N) is 2. The van der Waals surface area contributed by atoms with Gasteiger partial charge in [0.15, 0.2) is 11.5 Å². The van der Waals surface area contributed by atoms with Crippen LogP contribution in [0.4, 0.5) is 5.69 Å². The van der Waals surface area contributed by atoms with Crippen molar-refractivity contribution < 1.29 is 9.47 Å². The van der Waals surface area contributed by atoms with E-state index in [0.29, 0.717) is 11.5 Å². The van der Waals surface area contributed by atoms with E-state index >= 15 is 0 Å². The van der Waals surface area contributed by atoms with Crippen LogP contribution in [0.2, 0.25) is 0 Å². The lowest BCUT2D eigenvalue weighted by molar-refractivity contribution is 0.355. The smallest absolute Gasteiger partial charge is 0.162 e. The molecule has 25 heavy (non-hydrogen) atoms. The average molecular weight is 335 g/mol. The van der Waals surface area contributed by atoms with Gasteiger partial charge in [0.2, 0.25) is 0 Å². The Morgan fingerprint density at radius 3 is 2.64 bits per heavy atom. The minimum Gasteiger partial charge on any atom is -0.493 e. The van der Waals surface area contributed by atoms with Crippen LogP contribution >= 0.6 is 0 Å². The molecule has 1 aliphatic rings. The summed E-state index contributed by atoms with van der Waals surface area (Å²) in [6.07, 6.45) is 3.65. The molecule has 0 amide bonds. The second-order valence-corrected chi connectivity index (χ2v) is 6.38. The van der Waals surface area contributed by atoms with Gasteiger partial charge in [-0.3, -0.25) is 0 Å². The molecule has 128 valence electrons. The highest BCUT2D eigenvalue weighted by Gasteiger charge is 2.23. The zero-order valence-electron chi connectivity index (χ0n) is 14.7. The molecule has 1 unspecified atom stereocenters. The molecule has 0 saturated heterocycles. The molecule has 1 aliphatic heterocycles. The summed E-state index contributed by atoms with van der Waals surface area (Å²) in [4.78, 5) is 8.98. The fraction of sp³-hybridized carbons (Fsp3) is 0.300. The van der Waals surface area contributed by atoms with Crippen LogP contribution < -0.4 is 14.8 Å². The average Bonchev–Trinajstić information content (AvgIpc) is 2.65. The lowest BCUT2D eigenvalue weighted by atomic mass is 9.93. The molecule has 0 aliphatic carbocycles. The van der Waals surface area contributed by atoms with Crippen molar-refractivity contribution >= 4 is 16.6 Å². The third-order valence-corrected chi connectivity index (χ3v) is 4.79. The van der Waals surface area contributed by atoms with Gasteiger partial charge >= 0.3 is 0 Å². The summed E-state index contributed by atoms with van der Waals surface area (Å²) in [5.74, 6) is 1.37. The summed E-state index contributed by atoms with van der Waals surface area (Å²) in [7, 11) is 3.28. The fourth-order valence-corrected chi connectivity index (χ4v) is 3.52. The molecule has 5 heteroatoms. The third-order valence-electron chi connectivity index (χ3n) is 4.79. The van der Waals surface area contributed by atoms with Crippen LogP contribution in [0, 0.1) is 6.92 Å². The molecule has 5 nitrogen and oxygen atoms in total. The molecule has 0 radical (unpaired) electrons. The third kappa shape index (κ3) is 2.76. The number of ether oxygens (including phenoxy) is 2. The summed E-state index contributed by atoms with van der Waals surface area (Å²) in [5.41, 5.74) is 5.71. The zero-order chi connectivity index (χ0) is 17.4. The SMILES string of the molecule is COc1cc2ncnc(C3CCc4cc(C)ccc4N3)c2cc1OC. The van der Waals surface area contributed by atoms with Crippen molar-refractivity contribution in [3.8, 4) is 11.5 Å². The molecule has 0 spiro atoms. The first-order valence-corrected chi connectivity index (χ1v) is 8.42. The van der Waals surface area contributed by atoms with Gasteiger partial charge < -0.3 is 14.8 Å². The first kappa shape index (κ1) is 15.7. The van der Waals surface area contributed by atoms with Gasteiger partial charge in [-0.25, -0.2) is 9.97 Å². The molecular formula is C20H21N3O2. The fourth-order valence-electron chi connectivity index (χ4n) is 3.52. The monoisotopic (exact) mass is 335 g/mol. The number of nitrogens with one attached hydrogen (secondary N) is 1. The number of anilines is 1. The quantitative estimate of drug-likeness (QED) is 0.782. The highest BCUT2D eigenvalue weighted by molar-refractivity contribution is 5.85. The van der Waals surface area contributed by atoms with Crippen LogP contribution in [-0.4, -0.2) is 24.2 Å². The molecule has 0 bridgehead atoms. The van der Waals surface area contributed by atoms with Gasteiger partial charge in [0.1, 0.15) is 6.33 Å². The van der Waals surface area contributed by atoms with Crippen molar-refractivity contribution in [2.45, 2.75) is 25.8 Å². The van der Waals surface area contributed by atoms with E-state index in [0.717, 1.165) is 29.4 Å². The van der Waals surface area contributed by atoms with Gasteiger partial charge in [-0.1, -0.05) is 17.7 Å². The van der Waals surface area contributed by atoms with Gasteiger partial charge in [-0.15, -0.1) is 0 Å². The molecule has 2 aromatic carbocycles. The maximum atomic E-state index is 5.46. The summed E-state index contributed by atoms with van der Waals surface area (Å²) in [5, 5.41) is 4.63. The highest BCUT2D eigenvalue weighted by Crippen LogP contribution is 2.37. The van der Waals surface area contributed by atoms with Crippen molar-refractivity contribution in [2.75, 3.05) is 19.5 Å². The van der Waals surface area contributed by atoms with E-state index in [4.69, 9.17) is 9.47 Å². The number of aryl methyl sites for hydroxylation is 2. The first-order valence-electron chi connectivity index (χ1n) is 8.42. The van der Waals surface area contributed by atoms with E-state index in [-0.39, 0.29) is 6.04 Å². The molecule has 3 aromatic rings.